The highest BCUT2D eigenvalue weighted by atomic mass is 32.1. The summed E-state index contributed by atoms with van der Waals surface area (Å²) in [7, 11) is 0. The van der Waals surface area contributed by atoms with Gasteiger partial charge >= 0.3 is 0 Å². The zero-order valence-corrected chi connectivity index (χ0v) is 16.2. The molecule has 2 amide bonds. The van der Waals surface area contributed by atoms with E-state index in [2.05, 4.69) is 0 Å². The highest BCUT2D eigenvalue weighted by Crippen LogP contribution is 2.34. The van der Waals surface area contributed by atoms with Crippen molar-refractivity contribution in [2.45, 2.75) is 20.8 Å². The van der Waals surface area contributed by atoms with E-state index in [1.54, 1.807) is 19.9 Å². The molecule has 0 bridgehead atoms. The van der Waals surface area contributed by atoms with E-state index in [9.17, 15) is 36.8 Å². The first-order valence-corrected chi connectivity index (χ1v) is 9.07. The summed E-state index contributed by atoms with van der Waals surface area (Å²) in [4.78, 5) is 26.3. The molecule has 0 spiro atoms. The van der Waals surface area contributed by atoms with Gasteiger partial charge in [-0.05, 0) is 26.3 Å². The third kappa shape index (κ3) is 3.80. The number of hydrogen-bond donors (Lipinski definition) is 1. The smallest absolute Gasteiger partial charge is 0.264 e. The van der Waals surface area contributed by atoms with Crippen LogP contribution in [0.15, 0.2) is 0 Å². The third-order valence-electron chi connectivity index (χ3n) is 4.17. The first-order valence-electron chi connectivity index (χ1n) is 8.26. The molecule has 0 aliphatic heterocycles. The molecule has 2 aromatic rings. The van der Waals surface area contributed by atoms with E-state index in [1.165, 1.54) is 11.8 Å². The fraction of sp³-hybridized carbons (Fsp3) is 0.278. The van der Waals surface area contributed by atoms with Crippen molar-refractivity contribution in [2.24, 2.45) is 0 Å². The summed E-state index contributed by atoms with van der Waals surface area (Å²) < 4.78 is 67.5. The largest absolute Gasteiger partial charge is 0.338 e. The van der Waals surface area contributed by atoms with Crippen molar-refractivity contribution in [1.82, 2.24) is 4.90 Å². The highest BCUT2D eigenvalue weighted by Gasteiger charge is 2.31. The Morgan fingerprint density at radius 2 is 1.48 bits per heavy atom. The molecule has 0 radical (unpaired) electrons. The SMILES string of the molecule is CCN(CC)C(=O)c1sc(NC(=O)c2c(F)c(F)c(F)c(F)c2F)c(C#N)c1C. The molecular formula is C18H14F5N3O2S. The predicted molar refractivity (Wildman–Crippen MR) is 95.2 cm³/mol. The van der Waals surface area contributed by atoms with Crippen molar-refractivity contribution in [2.75, 3.05) is 18.4 Å². The quantitative estimate of drug-likeness (QED) is 0.434. The molecule has 1 aromatic carbocycles. The second-order valence-corrected chi connectivity index (χ2v) is 6.77. The fourth-order valence-electron chi connectivity index (χ4n) is 2.56. The molecular weight excluding hydrogens is 417 g/mol. The Labute approximate surface area is 166 Å². The number of thiophene rings is 1. The number of nitrogens with one attached hydrogen (secondary N) is 1. The summed E-state index contributed by atoms with van der Waals surface area (Å²) in [5, 5.41) is 11.1. The number of halogens is 5. The minimum Gasteiger partial charge on any atom is -0.338 e. The number of rotatable bonds is 5. The van der Waals surface area contributed by atoms with Crippen molar-refractivity contribution in [3.63, 3.8) is 0 Å². The van der Waals surface area contributed by atoms with Crippen LogP contribution in [0.2, 0.25) is 0 Å². The first kappa shape index (κ1) is 22.3. The molecule has 1 N–H and O–H groups in total. The highest BCUT2D eigenvalue weighted by molar-refractivity contribution is 7.18. The summed E-state index contributed by atoms with van der Waals surface area (Å²) in [6, 6.07) is 1.76. The molecule has 1 heterocycles. The summed E-state index contributed by atoms with van der Waals surface area (Å²) in [6.07, 6.45) is 0. The fourth-order valence-corrected chi connectivity index (χ4v) is 3.68. The topological polar surface area (TPSA) is 73.2 Å². The molecule has 2 rings (SSSR count). The van der Waals surface area contributed by atoms with Gasteiger partial charge in [-0.1, -0.05) is 0 Å². The molecule has 0 atom stereocenters. The van der Waals surface area contributed by atoms with Gasteiger partial charge in [-0.25, -0.2) is 22.0 Å². The van der Waals surface area contributed by atoms with Crippen LogP contribution < -0.4 is 5.32 Å². The number of nitrogens with zero attached hydrogens (tertiary/aromatic N) is 2. The molecule has 0 fully saturated rings. The molecule has 5 nitrogen and oxygen atoms in total. The number of hydrogen-bond acceptors (Lipinski definition) is 4. The van der Waals surface area contributed by atoms with E-state index in [-0.39, 0.29) is 21.0 Å². The van der Waals surface area contributed by atoms with Crippen LogP contribution in [0.25, 0.3) is 0 Å². The maximum Gasteiger partial charge on any atom is 0.264 e. The van der Waals surface area contributed by atoms with E-state index in [0.717, 1.165) is 0 Å². The number of carbonyl (C=O) groups is 2. The minimum absolute atomic E-state index is 0.109. The lowest BCUT2D eigenvalue weighted by atomic mass is 10.1. The third-order valence-corrected chi connectivity index (χ3v) is 5.36. The van der Waals surface area contributed by atoms with Crippen molar-refractivity contribution in [3.05, 3.63) is 50.7 Å². The lowest BCUT2D eigenvalue weighted by molar-refractivity contribution is 0.0777. The Balaban J connectivity index is 2.51. The molecule has 0 aliphatic carbocycles. The minimum atomic E-state index is -2.40. The van der Waals surface area contributed by atoms with E-state index in [4.69, 9.17) is 0 Å². The molecule has 0 saturated carbocycles. The van der Waals surface area contributed by atoms with Gasteiger partial charge < -0.3 is 10.2 Å². The zero-order chi connectivity index (χ0) is 22.0. The molecule has 0 aliphatic rings. The number of nitriles is 1. The summed E-state index contributed by atoms with van der Waals surface area (Å²) in [6.45, 7) is 5.67. The zero-order valence-electron chi connectivity index (χ0n) is 15.4. The van der Waals surface area contributed by atoms with E-state index in [1.807, 2.05) is 5.32 Å². The average Bonchev–Trinajstić information content (AvgIpc) is 3.00. The molecule has 11 heteroatoms. The Bertz CT molecular complexity index is 1010. The molecule has 1 aromatic heterocycles. The standard InChI is InChI=1S/C18H14F5N3O2S/c1-4-26(5-2)18(28)15-7(3)8(6-24)17(29-15)25-16(27)9-10(19)12(21)14(23)13(22)11(9)20/h4-5H2,1-3H3,(H,25,27). The summed E-state index contributed by atoms with van der Waals surface area (Å²) >= 11 is 0.672. The summed E-state index contributed by atoms with van der Waals surface area (Å²) in [5.74, 6) is -13.6. The van der Waals surface area contributed by atoms with E-state index < -0.39 is 46.5 Å². The number of carbonyl (C=O) groups excluding carboxylic acids is 2. The average molecular weight is 431 g/mol. The van der Waals surface area contributed by atoms with Gasteiger partial charge in [-0.15, -0.1) is 11.3 Å². The Hall–Kier alpha value is -3.00. The van der Waals surface area contributed by atoms with Gasteiger partial charge in [0.15, 0.2) is 23.3 Å². The number of anilines is 1. The van der Waals surface area contributed by atoms with Crippen LogP contribution >= 0.6 is 11.3 Å². The van der Waals surface area contributed by atoms with Crippen molar-refractivity contribution in [1.29, 1.82) is 5.26 Å². The predicted octanol–water partition coefficient (Wildman–Crippen LogP) is 4.36. The van der Waals surface area contributed by atoms with Crippen LogP contribution in [0.5, 0.6) is 0 Å². The van der Waals surface area contributed by atoms with Gasteiger partial charge in [0.05, 0.1) is 10.4 Å². The lowest BCUT2D eigenvalue weighted by Gasteiger charge is -2.17. The van der Waals surface area contributed by atoms with Crippen LogP contribution in [0.3, 0.4) is 0 Å². The molecule has 154 valence electrons. The van der Waals surface area contributed by atoms with Gasteiger partial charge in [0.2, 0.25) is 5.82 Å². The molecule has 0 unspecified atom stereocenters. The lowest BCUT2D eigenvalue weighted by Crippen LogP contribution is -2.30. The Morgan fingerprint density at radius 1 is 1.00 bits per heavy atom. The van der Waals surface area contributed by atoms with Crippen molar-refractivity contribution < 1.29 is 31.5 Å². The van der Waals surface area contributed by atoms with Gasteiger partial charge in [-0.3, -0.25) is 9.59 Å². The van der Waals surface area contributed by atoms with Gasteiger partial charge in [0.25, 0.3) is 11.8 Å². The van der Waals surface area contributed by atoms with Gasteiger partial charge in [0.1, 0.15) is 16.6 Å². The van der Waals surface area contributed by atoms with Crippen LogP contribution in [-0.4, -0.2) is 29.8 Å². The van der Waals surface area contributed by atoms with Crippen molar-refractivity contribution in [3.8, 4) is 6.07 Å². The number of amides is 2. The Morgan fingerprint density at radius 3 is 1.93 bits per heavy atom. The number of benzene rings is 1. The molecule has 29 heavy (non-hydrogen) atoms. The van der Waals surface area contributed by atoms with Crippen LogP contribution in [-0.2, 0) is 0 Å². The molecule has 0 saturated heterocycles. The van der Waals surface area contributed by atoms with Crippen LogP contribution in [0.4, 0.5) is 27.0 Å². The van der Waals surface area contributed by atoms with E-state index >= 15 is 0 Å². The van der Waals surface area contributed by atoms with Gasteiger partial charge in [-0.2, -0.15) is 5.26 Å². The monoisotopic (exact) mass is 431 g/mol. The van der Waals surface area contributed by atoms with Crippen molar-refractivity contribution >= 4 is 28.2 Å². The maximum absolute atomic E-state index is 13.8. The maximum atomic E-state index is 13.8. The second-order valence-electron chi connectivity index (χ2n) is 5.75. The van der Waals surface area contributed by atoms with Crippen LogP contribution in [0.1, 0.15) is 45.0 Å². The summed E-state index contributed by atoms with van der Waals surface area (Å²) in [5.41, 5.74) is -1.61. The Kier molecular flexibility index (Phi) is 6.58. The normalized spacial score (nSPS) is 10.6. The van der Waals surface area contributed by atoms with E-state index in [0.29, 0.717) is 24.4 Å². The van der Waals surface area contributed by atoms with Crippen LogP contribution in [0, 0.1) is 47.3 Å². The first-order chi connectivity index (χ1) is 13.6. The van der Waals surface area contributed by atoms with Gasteiger partial charge in [0, 0.05) is 13.1 Å². The second kappa shape index (κ2) is 8.57.